The van der Waals surface area contributed by atoms with Crippen LogP contribution in [0.25, 0.3) is 0 Å². The van der Waals surface area contributed by atoms with Gasteiger partial charge >= 0.3 is 5.97 Å². The summed E-state index contributed by atoms with van der Waals surface area (Å²) in [5, 5.41) is 2.47. The Morgan fingerprint density at radius 2 is 2.00 bits per heavy atom. The standard InChI is InChI=1S/C21H25N3O4S2/c1-14(28-20(27)16-9-5-6-10-17(16)30-13-18(22)25)19(26)24(21-23-11-12-29-21)15-7-3-2-4-8-15/h5-6,9-12,14-15H,2-4,7-8,13H2,1H3,(H2,22,25). The smallest absolute Gasteiger partial charge is 0.340 e. The predicted octanol–water partition coefficient (Wildman–Crippen LogP) is 3.63. The number of carbonyl (C=O) groups excluding carboxylic acids is 3. The highest BCUT2D eigenvalue weighted by Gasteiger charge is 2.33. The zero-order chi connectivity index (χ0) is 21.5. The summed E-state index contributed by atoms with van der Waals surface area (Å²) < 4.78 is 5.53. The summed E-state index contributed by atoms with van der Waals surface area (Å²) in [6.07, 6.45) is 5.85. The van der Waals surface area contributed by atoms with Crippen LogP contribution in [0.1, 0.15) is 49.4 Å². The second-order valence-electron chi connectivity index (χ2n) is 7.11. The van der Waals surface area contributed by atoms with Crippen molar-refractivity contribution in [2.75, 3.05) is 10.7 Å². The van der Waals surface area contributed by atoms with Crippen molar-refractivity contribution < 1.29 is 19.1 Å². The van der Waals surface area contributed by atoms with E-state index in [-0.39, 0.29) is 17.7 Å². The highest BCUT2D eigenvalue weighted by atomic mass is 32.2. The van der Waals surface area contributed by atoms with Gasteiger partial charge in [0.05, 0.1) is 11.3 Å². The Balaban J connectivity index is 1.74. The topological polar surface area (TPSA) is 103 Å². The number of nitrogens with zero attached hydrogens (tertiary/aromatic N) is 2. The van der Waals surface area contributed by atoms with Gasteiger partial charge in [-0.15, -0.1) is 23.1 Å². The Bertz CT molecular complexity index is 882. The van der Waals surface area contributed by atoms with Crippen LogP contribution in [0, 0.1) is 0 Å². The van der Waals surface area contributed by atoms with Gasteiger partial charge in [-0.1, -0.05) is 31.4 Å². The van der Waals surface area contributed by atoms with Gasteiger partial charge in [0.25, 0.3) is 5.91 Å². The molecule has 1 aromatic carbocycles. The Labute approximate surface area is 184 Å². The summed E-state index contributed by atoms with van der Waals surface area (Å²) in [7, 11) is 0. The Kier molecular flexibility index (Phi) is 7.87. The molecule has 0 saturated heterocycles. The highest BCUT2D eigenvalue weighted by molar-refractivity contribution is 8.00. The lowest BCUT2D eigenvalue weighted by Gasteiger charge is -2.33. The summed E-state index contributed by atoms with van der Waals surface area (Å²) >= 11 is 2.57. The SMILES string of the molecule is CC(OC(=O)c1ccccc1SCC(N)=O)C(=O)N(c1nccs1)C1CCCCC1. The molecule has 1 unspecified atom stereocenters. The Morgan fingerprint density at radius 3 is 2.67 bits per heavy atom. The molecule has 0 bridgehead atoms. The van der Waals surface area contributed by atoms with E-state index in [1.807, 2.05) is 5.38 Å². The minimum atomic E-state index is -0.961. The van der Waals surface area contributed by atoms with Gasteiger partial charge in [0, 0.05) is 22.5 Å². The highest BCUT2D eigenvalue weighted by Crippen LogP contribution is 2.30. The van der Waals surface area contributed by atoms with E-state index in [1.165, 1.54) is 29.5 Å². The molecule has 1 aliphatic carbocycles. The summed E-state index contributed by atoms with van der Waals surface area (Å²) in [6, 6.07) is 6.88. The average Bonchev–Trinajstić information content (AvgIpc) is 3.27. The normalized spacial score (nSPS) is 15.4. The molecular weight excluding hydrogens is 422 g/mol. The molecule has 9 heteroatoms. The van der Waals surface area contributed by atoms with E-state index < -0.39 is 18.0 Å². The largest absolute Gasteiger partial charge is 0.449 e. The first-order chi connectivity index (χ1) is 14.5. The third-order valence-corrected chi connectivity index (χ3v) is 6.78. The molecule has 0 radical (unpaired) electrons. The molecule has 2 aromatic rings. The van der Waals surface area contributed by atoms with Gasteiger partial charge in [-0.25, -0.2) is 9.78 Å². The second kappa shape index (κ2) is 10.6. The van der Waals surface area contributed by atoms with E-state index in [0.717, 1.165) is 25.7 Å². The van der Waals surface area contributed by atoms with Crippen LogP contribution in [0.4, 0.5) is 5.13 Å². The number of rotatable bonds is 8. The number of nitrogens with two attached hydrogens (primary N) is 1. The van der Waals surface area contributed by atoms with Crippen molar-refractivity contribution in [3.8, 4) is 0 Å². The second-order valence-corrected chi connectivity index (χ2v) is 9.00. The number of amides is 2. The van der Waals surface area contributed by atoms with Crippen LogP contribution in [0.5, 0.6) is 0 Å². The summed E-state index contributed by atoms with van der Waals surface area (Å²) in [4.78, 5) is 43.7. The molecule has 1 fully saturated rings. The number of anilines is 1. The third-order valence-electron chi connectivity index (χ3n) is 4.91. The van der Waals surface area contributed by atoms with Crippen LogP contribution in [0.2, 0.25) is 0 Å². The first kappa shape index (κ1) is 22.3. The minimum Gasteiger partial charge on any atom is -0.449 e. The third kappa shape index (κ3) is 5.60. The molecule has 2 N–H and O–H groups in total. The number of aromatic nitrogens is 1. The zero-order valence-corrected chi connectivity index (χ0v) is 18.4. The number of ether oxygens (including phenoxy) is 1. The number of hydrogen-bond donors (Lipinski definition) is 1. The van der Waals surface area contributed by atoms with Crippen molar-refractivity contribution in [1.82, 2.24) is 4.98 Å². The van der Waals surface area contributed by atoms with Crippen molar-refractivity contribution in [3.63, 3.8) is 0 Å². The first-order valence-corrected chi connectivity index (χ1v) is 11.8. The maximum absolute atomic E-state index is 13.3. The van der Waals surface area contributed by atoms with Crippen molar-refractivity contribution >= 4 is 46.0 Å². The van der Waals surface area contributed by atoms with Crippen LogP contribution < -0.4 is 10.6 Å². The molecule has 3 rings (SSSR count). The lowest BCUT2D eigenvalue weighted by molar-refractivity contribution is -0.127. The minimum absolute atomic E-state index is 0.0539. The van der Waals surface area contributed by atoms with E-state index in [0.29, 0.717) is 15.6 Å². The van der Waals surface area contributed by atoms with Gasteiger partial charge in [0.1, 0.15) is 0 Å². The molecular formula is C21H25N3O4S2. The average molecular weight is 448 g/mol. The molecule has 0 aliphatic heterocycles. The fraction of sp³-hybridized carbons (Fsp3) is 0.429. The monoisotopic (exact) mass is 447 g/mol. The molecule has 2 amide bonds. The Hall–Kier alpha value is -2.39. The molecule has 0 spiro atoms. The molecule has 30 heavy (non-hydrogen) atoms. The fourth-order valence-electron chi connectivity index (χ4n) is 3.48. The molecule has 1 aromatic heterocycles. The Morgan fingerprint density at radius 1 is 1.27 bits per heavy atom. The maximum Gasteiger partial charge on any atom is 0.340 e. The number of primary amides is 1. The molecule has 1 saturated carbocycles. The van der Waals surface area contributed by atoms with E-state index >= 15 is 0 Å². The first-order valence-electron chi connectivity index (χ1n) is 9.91. The van der Waals surface area contributed by atoms with Crippen LogP contribution in [-0.4, -0.2) is 40.7 Å². The van der Waals surface area contributed by atoms with Crippen molar-refractivity contribution in [3.05, 3.63) is 41.4 Å². The number of thioether (sulfide) groups is 1. The van der Waals surface area contributed by atoms with E-state index in [1.54, 1.807) is 42.3 Å². The number of benzene rings is 1. The molecule has 1 heterocycles. The van der Waals surface area contributed by atoms with Gasteiger partial charge in [-0.3, -0.25) is 14.5 Å². The summed E-state index contributed by atoms with van der Waals surface area (Å²) in [6.45, 7) is 1.59. The number of hydrogen-bond acceptors (Lipinski definition) is 7. The molecule has 160 valence electrons. The molecule has 7 nitrogen and oxygen atoms in total. The van der Waals surface area contributed by atoms with Gasteiger partial charge in [-0.2, -0.15) is 0 Å². The predicted molar refractivity (Wildman–Crippen MR) is 118 cm³/mol. The maximum atomic E-state index is 13.3. The van der Waals surface area contributed by atoms with Gasteiger partial charge in [0.2, 0.25) is 5.91 Å². The number of esters is 1. The quantitative estimate of drug-likeness (QED) is 0.490. The number of thiazole rings is 1. The van der Waals surface area contributed by atoms with Crippen LogP contribution >= 0.6 is 23.1 Å². The van der Waals surface area contributed by atoms with Crippen LogP contribution in [0.15, 0.2) is 40.7 Å². The van der Waals surface area contributed by atoms with Gasteiger partial charge in [-0.05, 0) is 31.9 Å². The lowest BCUT2D eigenvalue weighted by atomic mass is 9.94. The van der Waals surface area contributed by atoms with E-state index in [9.17, 15) is 14.4 Å². The number of carbonyl (C=O) groups is 3. The fourth-order valence-corrected chi connectivity index (χ4v) is 4.98. The van der Waals surface area contributed by atoms with E-state index in [2.05, 4.69) is 4.98 Å². The van der Waals surface area contributed by atoms with Crippen molar-refractivity contribution in [2.24, 2.45) is 5.73 Å². The van der Waals surface area contributed by atoms with Gasteiger partial charge in [0.15, 0.2) is 11.2 Å². The lowest BCUT2D eigenvalue weighted by Crippen LogP contribution is -2.47. The van der Waals surface area contributed by atoms with Gasteiger partial charge < -0.3 is 10.5 Å². The van der Waals surface area contributed by atoms with E-state index in [4.69, 9.17) is 10.5 Å². The molecule has 1 aliphatic rings. The van der Waals surface area contributed by atoms with Crippen LogP contribution in [-0.2, 0) is 14.3 Å². The molecule has 1 atom stereocenters. The van der Waals surface area contributed by atoms with Crippen molar-refractivity contribution in [1.29, 1.82) is 0 Å². The van der Waals surface area contributed by atoms with Crippen molar-refractivity contribution in [2.45, 2.75) is 56.1 Å². The van der Waals surface area contributed by atoms with Crippen LogP contribution in [0.3, 0.4) is 0 Å². The summed E-state index contributed by atoms with van der Waals surface area (Å²) in [5.74, 6) is -1.30. The zero-order valence-electron chi connectivity index (χ0n) is 16.8. The summed E-state index contributed by atoms with van der Waals surface area (Å²) in [5.41, 5.74) is 5.51.